The van der Waals surface area contributed by atoms with Crippen LogP contribution in [0.25, 0.3) is 0 Å². The Morgan fingerprint density at radius 2 is 1.84 bits per heavy atom. The molecule has 2 saturated heterocycles. The highest BCUT2D eigenvalue weighted by Gasteiger charge is 2.47. The largest absolute Gasteiger partial charge is 0.316 e. The molecule has 3 aliphatic rings. The van der Waals surface area contributed by atoms with Crippen molar-refractivity contribution in [3.05, 3.63) is 34.4 Å². The molecule has 4 rings (SSSR count). The molecular weight excluding hydrogens is 408 g/mol. The van der Waals surface area contributed by atoms with Crippen LogP contribution in [0.4, 0.5) is 8.78 Å². The van der Waals surface area contributed by atoms with Gasteiger partial charge in [0.25, 0.3) is 0 Å². The van der Waals surface area contributed by atoms with Crippen LogP contribution in [0.5, 0.6) is 0 Å². The number of nitrogens with zero attached hydrogens (tertiary/aromatic N) is 1. The zero-order valence-electron chi connectivity index (χ0n) is 17.4. The van der Waals surface area contributed by atoms with E-state index >= 15 is 4.39 Å². The van der Waals surface area contributed by atoms with E-state index in [1.54, 1.807) is 0 Å². The highest BCUT2D eigenvalue weighted by Crippen LogP contribution is 2.47. The van der Waals surface area contributed by atoms with Crippen molar-refractivity contribution in [2.75, 3.05) is 13.1 Å². The molecule has 4 unspecified atom stereocenters. The molecule has 2 N–H and O–H groups in total. The number of nitrogens with one attached hydrogen (secondary N) is 2. The summed E-state index contributed by atoms with van der Waals surface area (Å²) < 4.78 is 30.0. The van der Waals surface area contributed by atoms with Gasteiger partial charge in [0.1, 0.15) is 6.04 Å². The minimum absolute atomic E-state index is 0.0176. The minimum Gasteiger partial charge on any atom is -0.316 e. The molecule has 2 amide bonds. The summed E-state index contributed by atoms with van der Waals surface area (Å²) in [6, 6.07) is -0.974. The Hall–Kier alpha value is -2.52. The smallest absolute Gasteiger partial charge is 0.243 e. The van der Waals surface area contributed by atoms with Gasteiger partial charge in [-0.2, -0.15) is 0 Å². The van der Waals surface area contributed by atoms with E-state index in [1.807, 2.05) is 13.8 Å². The monoisotopic (exact) mass is 433 g/mol. The second kappa shape index (κ2) is 8.20. The minimum atomic E-state index is -1.18. The van der Waals surface area contributed by atoms with Crippen molar-refractivity contribution in [2.45, 2.75) is 51.2 Å². The molecule has 2 fully saturated rings. The van der Waals surface area contributed by atoms with Crippen molar-refractivity contribution in [2.24, 2.45) is 11.8 Å². The van der Waals surface area contributed by atoms with Crippen molar-refractivity contribution in [1.82, 2.24) is 15.5 Å². The summed E-state index contributed by atoms with van der Waals surface area (Å²) in [6.07, 6.45) is 0.421. The standard InChI is InChI=1S/C22H25F2N3O4/c1-10-6-25-7-11(2)17(10)19-18-12(5-13(23)20(19)24)8-27(21(18)15(29)9-28)14-3-4-16(30)26-22(14)31/h5,9-11,14,17,21,25H,3-4,6-8H2,1-2H3,(H,26,30,31). The topological polar surface area (TPSA) is 95.6 Å². The second-order valence-corrected chi connectivity index (χ2v) is 8.86. The van der Waals surface area contributed by atoms with Gasteiger partial charge >= 0.3 is 0 Å². The van der Waals surface area contributed by atoms with Gasteiger partial charge in [-0.25, -0.2) is 8.78 Å². The first-order valence-corrected chi connectivity index (χ1v) is 10.5. The maximum atomic E-state index is 15.3. The maximum Gasteiger partial charge on any atom is 0.243 e. The molecule has 0 bridgehead atoms. The number of amides is 2. The Morgan fingerprint density at radius 1 is 1.16 bits per heavy atom. The van der Waals surface area contributed by atoms with E-state index in [-0.39, 0.29) is 49.0 Å². The second-order valence-electron chi connectivity index (χ2n) is 8.86. The predicted molar refractivity (Wildman–Crippen MR) is 106 cm³/mol. The van der Waals surface area contributed by atoms with Gasteiger partial charge in [-0.1, -0.05) is 13.8 Å². The van der Waals surface area contributed by atoms with Crippen LogP contribution in [0.15, 0.2) is 6.07 Å². The number of carbonyl (C=O) groups excluding carboxylic acids is 4. The van der Waals surface area contributed by atoms with Crippen LogP contribution in [-0.4, -0.2) is 47.9 Å². The molecule has 4 atom stereocenters. The van der Waals surface area contributed by atoms with Crippen molar-refractivity contribution < 1.29 is 28.0 Å². The molecule has 166 valence electrons. The summed E-state index contributed by atoms with van der Waals surface area (Å²) in [7, 11) is 0. The van der Waals surface area contributed by atoms with E-state index < -0.39 is 41.3 Å². The Morgan fingerprint density at radius 3 is 2.45 bits per heavy atom. The van der Waals surface area contributed by atoms with E-state index in [0.717, 1.165) is 6.07 Å². The van der Waals surface area contributed by atoms with Crippen molar-refractivity contribution >= 4 is 23.9 Å². The molecule has 0 aliphatic carbocycles. The molecule has 3 heterocycles. The van der Waals surface area contributed by atoms with E-state index in [2.05, 4.69) is 10.6 Å². The number of ketones is 1. The molecule has 1 aromatic rings. The number of halogens is 2. The number of carbonyl (C=O) groups is 4. The lowest BCUT2D eigenvalue weighted by atomic mass is 9.72. The van der Waals surface area contributed by atoms with E-state index in [1.165, 1.54) is 4.90 Å². The van der Waals surface area contributed by atoms with Gasteiger partial charge in [-0.05, 0) is 54.5 Å². The lowest BCUT2D eigenvalue weighted by molar-refractivity contribution is -0.141. The molecule has 3 aliphatic heterocycles. The average Bonchev–Trinajstić information content (AvgIpc) is 3.08. The number of aldehydes is 1. The summed E-state index contributed by atoms with van der Waals surface area (Å²) in [5, 5.41) is 5.52. The number of piperidine rings is 2. The predicted octanol–water partition coefficient (Wildman–Crippen LogP) is 1.35. The Balaban J connectivity index is 1.86. The van der Waals surface area contributed by atoms with Crippen LogP contribution in [0.3, 0.4) is 0 Å². The van der Waals surface area contributed by atoms with Gasteiger partial charge < -0.3 is 5.32 Å². The number of fused-ring (bicyclic) bond motifs is 1. The highest BCUT2D eigenvalue weighted by atomic mass is 19.2. The first kappa shape index (κ1) is 21.7. The number of imide groups is 1. The summed E-state index contributed by atoms with van der Waals surface area (Å²) in [6.45, 7) is 5.12. The van der Waals surface area contributed by atoms with Crippen LogP contribution in [0.2, 0.25) is 0 Å². The molecule has 9 heteroatoms. The van der Waals surface area contributed by atoms with Crippen molar-refractivity contribution in [3.8, 4) is 0 Å². The number of hydrogen-bond acceptors (Lipinski definition) is 6. The maximum absolute atomic E-state index is 15.3. The summed E-state index contributed by atoms with van der Waals surface area (Å²) >= 11 is 0. The van der Waals surface area contributed by atoms with Gasteiger partial charge in [-0.15, -0.1) is 0 Å². The van der Waals surface area contributed by atoms with Crippen molar-refractivity contribution in [1.29, 1.82) is 0 Å². The molecule has 0 saturated carbocycles. The first-order chi connectivity index (χ1) is 14.7. The van der Waals surface area contributed by atoms with Crippen LogP contribution >= 0.6 is 0 Å². The molecule has 7 nitrogen and oxygen atoms in total. The Bertz CT molecular complexity index is 957. The summed E-state index contributed by atoms with van der Waals surface area (Å²) in [5.41, 5.74) is 0.828. The van der Waals surface area contributed by atoms with E-state index in [4.69, 9.17) is 0 Å². The average molecular weight is 433 g/mol. The fourth-order valence-corrected chi connectivity index (χ4v) is 5.53. The zero-order chi connectivity index (χ0) is 22.4. The lowest BCUT2D eigenvalue weighted by Gasteiger charge is -2.38. The van der Waals surface area contributed by atoms with Crippen molar-refractivity contribution in [3.63, 3.8) is 0 Å². The lowest BCUT2D eigenvalue weighted by Crippen LogP contribution is -2.52. The van der Waals surface area contributed by atoms with Gasteiger partial charge in [-0.3, -0.25) is 29.4 Å². The third kappa shape index (κ3) is 3.59. The molecule has 0 spiro atoms. The highest BCUT2D eigenvalue weighted by molar-refractivity contribution is 6.27. The molecule has 0 aromatic heterocycles. The first-order valence-electron chi connectivity index (χ1n) is 10.5. The van der Waals surface area contributed by atoms with E-state index in [9.17, 15) is 23.6 Å². The summed E-state index contributed by atoms with van der Waals surface area (Å²) in [4.78, 5) is 49.8. The Kier molecular flexibility index (Phi) is 5.74. The third-order valence-corrected chi connectivity index (χ3v) is 6.83. The number of Topliss-reactive ketones (excluding diaryl/α,β-unsaturated/α-hetero) is 1. The van der Waals surface area contributed by atoms with Gasteiger partial charge in [0.2, 0.25) is 17.6 Å². The zero-order valence-corrected chi connectivity index (χ0v) is 17.4. The van der Waals surface area contributed by atoms with Crippen LogP contribution in [0.1, 0.15) is 55.3 Å². The van der Waals surface area contributed by atoms with Crippen LogP contribution in [0, 0.1) is 23.5 Å². The third-order valence-electron chi connectivity index (χ3n) is 6.83. The van der Waals surface area contributed by atoms with Crippen LogP contribution < -0.4 is 10.6 Å². The molecular formula is C22H25F2N3O4. The quantitative estimate of drug-likeness (QED) is 0.423. The van der Waals surface area contributed by atoms with E-state index in [0.29, 0.717) is 24.2 Å². The van der Waals surface area contributed by atoms with Gasteiger partial charge in [0.15, 0.2) is 17.9 Å². The molecule has 1 aromatic carbocycles. The normalized spacial score (nSPS) is 31.3. The fourth-order valence-electron chi connectivity index (χ4n) is 5.53. The fraction of sp³-hybridized carbons (Fsp3) is 0.545. The molecule has 31 heavy (non-hydrogen) atoms. The number of hydrogen-bond donors (Lipinski definition) is 2. The summed E-state index contributed by atoms with van der Waals surface area (Å²) in [5.74, 6) is -4.21. The SMILES string of the molecule is CC1CNCC(C)C1c1c(F)c(F)cc2c1C(C(=O)C=O)N(C1CCC(=O)NC1=O)C2. The number of rotatable bonds is 4. The van der Waals surface area contributed by atoms with Crippen LogP contribution in [-0.2, 0) is 25.7 Å². The Labute approximate surface area is 178 Å². The van der Waals surface area contributed by atoms with Gasteiger partial charge in [0, 0.05) is 18.5 Å². The van der Waals surface area contributed by atoms with Gasteiger partial charge in [0.05, 0.1) is 6.04 Å². The molecule has 0 radical (unpaired) electrons. The number of benzene rings is 1.